The highest BCUT2D eigenvalue weighted by molar-refractivity contribution is 6.15. The van der Waals surface area contributed by atoms with Crippen molar-refractivity contribution in [2.24, 2.45) is 0 Å². The number of halogens is 2. The summed E-state index contributed by atoms with van der Waals surface area (Å²) in [7, 11) is 0. The lowest BCUT2D eigenvalue weighted by Gasteiger charge is -2.22. The Morgan fingerprint density at radius 2 is 0.667 bits per heavy atom. The van der Waals surface area contributed by atoms with Crippen LogP contribution in [0.1, 0.15) is 5.56 Å². The van der Waals surface area contributed by atoms with Crippen LogP contribution in [0.2, 0.25) is 0 Å². The van der Waals surface area contributed by atoms with E-state index in [1.54, 1.807) is 6.20 Å². The molecule has 0 spiro atoms. The molecular weight excluding hydrogens is 1110 g/mol. The highest BCUT2D eigenvalue weighted by Crippen LogP contribution is 2.47. The van der Waals surface area contributed by atoms with Gasteiger partial charge in [-0.3, -0.25) is 19.9 Å². The van der Waals surface area contributed by atoms with E-state index in [1.165, 1.54) is 12.1 Å². The first-order chi connectivity index (χ1) is 44.4. The van der Waals surface area contributed by atoms with E-state index >= 15 is 8.78 Å². The van der Waals surface area contributed by atoms with E-state index < -0.39 is 11.6 Å². The summed E-state index contributed by atoms with van der Waals surface area (Å²) in [4.78, 5) is 19.5. The Morgan fingerprint density at radius 1 is 0.300 bits per heavy atom. The van der Waals surface area contributed by atoms with E-state index in [9.17, 15) is 5.26 Å². The third-order valence-electron chi connectivity index (χ3n) is 17.1. The van der Waals surface area contributed by atoms with E-state index in [-0.39, 0.29) is 5.56 Å². The molecule has 0 aliphatic heterocycles. The minimum Gasteiger partial charge on any atom is -0.308 e. The molecule has 10 aromatic carbocycles. The standard InChI is InChI=1S/C81H49F2N7/c82-61-42-60(43-62(83)48-61)78-76(89-72-44-56(63-35-39-85-50-71(63)52-16-5-1-6-17-52)27-31-67(72)68-32-28-57(45-73(68)89)64-24-13-36-86-79(64)53-18-7-2-8-19-53)40-51(49-84)41-77(78)90-74-46-58(65-25-14-37-87-80(65)54-20-9-3-10-21-54)29-33-69(74)70-34-30-59(47-75(70)90)66-26-15-38-88-81(66)55-22-11-4-12-23-55/h1-48,50H. The number of nitrogens with zero attached hydrogens (tertiary/aromatic N) is 7. The Bertz CT molecular complexity index is 4910. The van der Waals surface area contributed by atoms with Crippen molar-refractivity contribution >= 4 is 43.6 Å². The summed E-state index contributed by atoms with van der Waals surface area (Å²) in [6.07, 6.45) is 9.13. The number of rotatable bonds is 11. The summed E-state index contributed by atoms with van der Waals surface area (Å²) < 4.78 is 37.5. The molecule has 0 N–H and O–H groups in total. The van der Waals surface area contributed by atoms with Gasteiger partial charge in [-0.25, -0.2) is 8.78 Å². The molecule has 16 aromatic rings. The molecule has 0 saturated carbocycles. The third-order valence-corrected chi connectivity index (χ3v) is 17.1. The Balaban J connectivity index is 1.05. The largest absolute Gasteiger partial charge is 0.308 e. The summed E-state index contributed by atoms with van der Waals surface area (Å²) in [5, 5.41) is 15.3. The second-order valence-electron chi connectivity index (χ2n) is 22.3. The van der Waals surface area contributed by atoms with Gasteiger partial charge in [0.15, 0.2) is 0 Å². The van der Waals surface area contributed by atoms with Crippen molar-refractivity contribution in [2.75, 3.05) is 0 Å². The number of pyridine rings is 4. The molecule has 9 heteroatoms. The van der Waals surface area contributed by atoms with Crippen LogP contribution >= 0.6 is 0 Å². The molecule has 0 amide bonds. The van der Waals surface area contributed by atoms with Crippen LogP contribution in [-0.4, -0.2) is 29.1 Å². The summed E-state index contributed by atoms with van der Waals surface area (Å²) in [6, 6.07) is 90.5. The molecule has 0 bridgehead atoms. The van der Waals surface area contributed by atoms with Crippen molar-refractivity contribution in [3.8, 4) is 118 Å². The van der Waals surface area contributed by atoms with Gasteiger partial charge in [0.05, 0.1) is 62.2 Å². The van der Waals surface area contributed by atoms with Gasteiger partial charge in [-0.15, -0.1) is 0 Å². The molecule has 0 aliphatic rings. The molecular formula is C81H49F2N7. The molecule has 0 aliphatic carbocycles. The second-order valence-corrected chi connectivity index (χ2v) is 22.3. The van der Waals surface area contributed by atoms with E-state index in [0.717, 1.165) is 139 Å². The average molecular weight is 1160 g/mol. The molecule has 0 unspecified atom stereocenters. The topological polar surface area (TPSA) is 85.2 Å². The van der Waals surface area contributed by atoms with Crippen LogP contribution in [0.25, 0.3) is 156 Å². The van der Waals surface area contributed by atoms with Crippen molar-refractivity contribution < 1.29 is 8.78 Å². The van der Waals surface area contributed by atoms with Crippen molar-refractivity contribution in [2.45, 2.75) is 0 Å². The zero-order chi connectivity index (χ0) is 60.2. The fraction of sp³-hybridized carbons (Fsp3) is 0. The van der Waals surface area contributed by atoms with Crippen molar-refractivity contribution in [1.82, 2.24) is 29.1 Å². The highest BCUT2D eigenvalue weighted by Gasteiger charge is 2.27. The SMILES string of the molecule is N#Cc1cc(-n2c3cc(-c4ccncc4-c4ccccc4)ccc3c3ccc(-c4cccnc4-c4ccccc4)cc32)c(-c2cc(F)cc(F)c2)c(-n2c3cc(-c4cccnc4-c4ccccc4)ccc3c3ccc(-c4cccnc4-c4ccccc4)cc32)c1. The average Bonchev–Trinajstić information content (AvgIpc) is 1.57. The van der Waals surface area contributed by atoms with Gasteiger partial charge in [-0.05, 0) is 112 Å². The Kier molecular flexibility index (Phi) is 13.2. The fourth-order valence-electron chi connectivity index (χ4n) is 13.1. The van der Waals surface area contributed by atoms with Crippen LogP contribution in [0.5, 0.6) is 0 Å². The molecule has 7 nitrogen and oxygen atoms in total. The minimum absolute atomic E-state index is 0.267. The molecule has 0 saturated heterocycles. The Hall–Kier alpha value is -12.3. The molecule has 6 heterocycles. The first-order valence-corrected chi connectivity index (χ1v) is 29.7. The van der Waals surface area contributed by atoms with Crippen LogP contribution in [0.15, 0.2) is 298 Å². The van der Waals surface area contributed by atoms with Gasteiger partial charge in [0.1, 0.15) is 11.6 Å². The van der Waals surface area contributed by atoms with Gasteiger partial charge >= 0.3 is 0 Å². The highest BCUT2D eigenvalue weighted by atomic mass is 19.1. The number of benzene rings is 10. The van der Waals surface area contributed by atoms with Gasteiger partial charge < -0.3 is 9.13 Å². The van der Waals surface area contributed by atoms with Crippen LogP contribution in [-0.2, 0) is 0 Å². The van der Waals surface area contributed by atoms with Crippen LogP contribution in [0.3, 0.4) is 0 Å². The molecule has 422 valence electrons. The smallest absolute Gasteiger partial charge is 0.126 e. The van der Waals surface area contributed by atoms with Gasteiger partial charge in [0.25, 0.3) is 0 Å². The minimum atomic E-state index is -0.754. The van der Waals surface area contributed by atoms with E-state index in [1.807, 2.05) is 134 Å². The predicted molar refractivity (Wildman–Crippen MR) is 360 cm³/mol. The number of hydrogen-bond acceptors (Lipinski definition) is 5. The van der Waals surface area contributed by atoms with Crippen molar-refractivity contribution in [1.29, 1.82) is 5.26 Å². The predicted octanol–water partition coefficient (Wildman–Crippen LogP) is 20.6. The normalized spacial score (nSPS) is 11.4. The first-order valence-electron chi connectivity index (χ1n) is 29.7. The van der Waals surface area contributed by atoms with Gasteiger partial charge in [-0.2, -0.15) is 5.26 Å². The Morgan fingerprint density at radius 3 is 1.04 bits per heavy atom. The third kappa shape index (κ3) is 9.26. The van der Waals surface area contributed by atoms with Gasteiger partial charge in [-0.1, -0.05) is 188 Å². The summed E-state index contributed by atoms with van der Waals surface area (Å²) in [6.45, 7) is 0. The van der Waals surface area contributed by atoms with Crippen molar-refractivity contribution in [3.05, 3.63) is 315 Å². The number of fused-ring (bicyclic) bond motifs is 6. The van der Waals surface area contributed by atoms with Crippen molar-refractivity contribution in [3.63, 3.8) is 0 Å². The summed E-state index contributed by atoms with van der Waals surface area (Å²) >= 11 is 0. The molecule has 6 aromatic heterocycles. The molecule has 16 rings (SSSR count). The Labute approximate surface area is 517 Å². The van der Waals surface area contributed by atoms with Crippen LogP contribution in [0.4, 0.5) is 8.78 Å². The number of aromatic nitrogens is 6. The lowest BCUT2D eigenvalue weighted by atomic mass is 9.95. The molecule has 0 radical (unpaired) electrons. The monoisotopic (exact) mass is 1160 g/mol. The van der Waals surface area contributed by atoms with Gasteiger partial charge in [0.2, 0.25) is 0 Å². The van der Waals surface area contributed by atoms with E-state index in [2.05, 4.69) is 160 Å². The molecule has 0 atom stereocenters. The summed E-state index contributed by atoms with van der Waals surface area (Å²) in [5.74, 6) is -1.51. The van der Waals surface area contributed by atoms with Crippen LogP contribution < -0.4 is 0 Å². The first kappa shape index (κ1) is 53.2. The summed E-state index contributed by atoms with van der Waals surface area (Å²) in [5.41, 5.74) is 19.9. The maximum atomic E-state index is 16.6. The quantitative estimate of drug-likeness (QED) is 0.129. The zero-order valence-corrected chi connectivity index (χ0v) is 48.2. The lowest BCUT2D eigenvalue weighted by Crippen LogP contribution is -2.06. The maximum Gasteiger partial charge on any atom is 0.126 e. The van der Waals surface area contributed by atoms with Gasteiger partial charge in [0, 0.05) is 103 Å². The molecule has 90 heavy (non-hydrogen) atoms. The maximum absolute atomic E-state index is 16.6. The fourth-order valence-corrected chi connectivity index (χ4v) is 13.1. The lowest BCUT2D eigenvalue weighted by molar-refractivity contribution is 0.584. The number of hydrogen-bond donors (Lipinski definition) is 0. The number of nitriles is 1. The zero-order valence-electron chi connectivity index (χ0n) is 48.2. The van der Waals surface area contributed by atoms with E-state index in [4.69, 9.17) is 15.0 Å². The second kappa shape index (κ2) is 22.2. The van der Waals surface area contributed by atoms with Crippen LogP contribution in [0, 0.1) is 23.0 Å². The van der Waals surface area contributed by atoms with E-state index in [0.29, 0.717) is 22.5 Å². The molecule has 0 fully saturated rings.